The molecule has 8 heteroatoms. The van der Waals surface area contributed by atoms with Crippen molar-refractivity contribution in [2.45, 2.75) is 11.3 Å². The van der Waals surface area contributed by atoms with E-state index in [-0.39, 0.29) is 17.5 Å². The highest BCUT2D eigenvalue weighted by Gasteiger charge is 2.20. The highest BCUT2D eigenvalue weighted by Crippen LogP contribution is 2.31. The van der Waals surface area contributed by atoms with Crippen molar-refractivity contribution < 1.29 is 9.18 Å². The zero-order valence-corrected chi connectivity index (χ0v) is 18.1. The molecule has 1 amide bonds. The summed E-state index contributed by atoms with van der Waals surface area (Å²) >= 11 is 8.94. The maximum absolute atomic E-state index is 13.1. The number of thioether (sulfide) groups is 1. The summed E-state index contributed by atoms with van der Waals surface area (Å²) in [5, 5.41) is 1.33. The maximum Gasteiger partial charge on any atom is 0.239 e. The number of carbonyl (C=O) groups is 1. The van der Waals surface area contributed by atoms with Crippen LogP contribution < -0.4 is 4.90 Å². The summed E-state index contributed by atoms with van der Waals surface area (Å²) in [5.74, 6) is -0.0306. The molecule has 2 aromatic carbocycles. The molecule has 0 aliphatic carbocycles. The summed E-state index contributed by atoms with van der Waals surface area (Å²) in [7, 11) is 4.02. The quantitative estimate of drug-likeness (QED) is 0.456. The second-order valence-corrected chi connectivity index (χ2v) is 9.05. The number of rotatable bonds is 8. The van der Waals surface area contributed by atoms with Gasteiger partial charge in [-0.05, 0) is 69.5 Å². The Labute approximate surface area is 177 Å². The standard InChI is InChI=1S/C20H21ClFN3OS2/c1-24(2)10-3-11-25(19(26)13-27-16-7-5-15(22)6-8-16)20-23-17-9-4-14(21)12-18(17)28-20/h4-9,12H,3,10-11,13H2,1-2H3. The van der Waals surface area contributed by atoms with Crippen LogP contribution in [0.15, 0.2) is 47.4 Å². The van der Waals surface area contributed by atoms with Crippen LogP contribution in [0, 0.1) is 5.82 Å². The molecule has 3 aromatic rings. The molecule has 0 saturated carbocycles. The Bertz CT molecular complexity index is 946. The van der Waals surface area contributed by atoms with Crippen LogP contribution in [-0.4, -0.2) is 48.7 Å². The summed E-state index contributed by atoms with van der Waals surface area (Å²) in [5.41, 5.74) is 0.834. The van der Waals surface area contributed by atoms with Gasteiger partial charge in [-0.1, -0.05) is 22.9 Å². The molecule has 1 aromatic heterocycles. The number of amides is 1. The van der Waals surface area contributed by atoms with Crippen LogP contribution in [-0.2, 0) is 4.79 Å². The Hall–Kier alpha value is -1.67. The molecular formula is C20H21ClFN3OS2. The summed E-state index contributed by atoms with van der Waals surface area (Å²) in [6, 6.07) is 11.7. The van der Waals surface area contributed by atoms with Crippen molar-refractivity contribution in [3.05, 3.63) is 53.3 Å². The molecule has 0 radical (unpaired) electrons. The Morgan fingerprint density at radius 1 is 1.18 bits per heavy atom. The van der Waals surface area contributed by atoms with Crippen molar-refractivity contribution in [1.29, 1.82) is 0 Å². The van der Waals surface area contributed by atoms with Crippen molar-refractivity contribution in [1.82, 2.24) is 9.88 Å². The molecule has 148 valence electrons. The number of aromatic nitrogens is 1. The average molecular weight is 438 g/mol. The lowest BCUT2D eigenvalue weighted by atomic mass is 10.3. The number of halogens is 2. The van der Waals surface area contributed by atoms with Gasteiger partial charge in [-0.25, -0.2) is 9.37 Å². The van der Waals surface area contributed by atoms with Gasteiger partial charge in [0.25, 0.3) is 0 Å². The fraction of sp³-hybridized carbons (Fsp3) is 0.300. The van der Waals surface area contributed by atoms with Gasteiger partial charge in [0, 0.05) is 16.5 Å². The number of fused-ring (bicyclic) bond motifs is 1. The minimum atomic E-state index is -0.283. The van der Waals surface area contributed by atoms with Gasteiger partial charge in [-0.2, -0.15) is 0 Å². The lowest BCUT2D eigenvalue weighted by Gasteiger charge is -2.21. The van der Waals surface area contributed by atoms with Crippen LogP contribution in [0.5, 0.6) is 0 Å². The second kappa shape index (κ2) is 9.69. The molecule has 0 saturated heterocycles. The highest BCUT2D eigenvalue weighted by molar-refractivity contribution is 8.00. The van der Waals surface area contributed by atoms with Gasteiger partial charge < -0.3 is 4.90 Å². The molecule has 0 aliphatic heterocycles. The fourth-order valence-electron chi connectivity index (χ4n) is 2.63. The SMILES string of the molecule is CN(C)CCCN(C(=O)CSc1ccc(F)cc1)c1nc2ccc(Cl)cc2s1. The van der Waals surface area contributed by atoms with E-state index < -0.39 is 0 Å². The molecule has 0 spiro atoms. The van der Waals surface area contributed by atoms with E-state index in [1.807, 2.05) is 26.2 Å². The van der Waals surface area contributed by atoms with Crippen molar-refractivity contribution in [3.63, 3.8) is 0 Å². The van der Waals surface area contributed by atoms with Crippen LogP contribution in [0.3, 0.4) is 0 Å². The van der Waals surface area contributed by atoms with E-state index in [9.17, 15) is 9.18 Å². The van der Waals surface area contributed by atoms with E-state index in [1.54, 1.807) is 23.1 Å². The van der Waals surface area contributed by atoms with E-state index in [2.05, 4.69) is 9.88 Å². The first kappa shape index (κ1) is 21.0. The molecule has 0 N–H and O–H groups in total. The smallest absolute Gasteiger partial charge is 0.239 e. The fourth-order valence-corrected chi connectivity index (χ4v) is 4.69. The molecule has 0 unspecified atom stereocenters. The molecule has 1 heterocycles. The first-order chi connectivity index (χ1) is 13.4. The summed E-state index contributed by atoms with van der Waals surface area (Å²) < 4.78 is 14.0. The van der Waals surface area contributed by atoms with Gasteiger partial charge in [0.15, 0.2) is 5.13 Å². The molecule has 0 bridgehead atoms. The van der Waals surface area contributed by atoms with E-state index in [0.29, 0.717) is 16.7 Å². The van der Waals surface area contributed by atoms with Gasteiger partial charge in [0.2, 0.25) is 5.91 Å². The Morgan fingerprint density at radius 3 is 2.64 bits per heavy atom. The zero-order chi connectivity index (χ0) is 20.1. The van der Waals surface area contributed by atoms with E-state index in [0.717, 1.165) is 28.1 Å². The first-order valence-electron chi connectivity index (χ1n) is 8.82. The van der Waals surface area contributed by atoms with Crippen molar-refractivity contribution >= 4 is 56.0 Å². The van der Waals surface area contributed by atoms with Gasteiger partial charge in [0.05, 0.1) is 16.0 Å². The number of carbonyl (C=O) groups excluding carboxylic acids is 1. The van der Waals surface area contributed by atoms with Crippen molar-refractivity contribution in [3.8, 4) is 0 Å². The summed E-state index contributed by atoms with van der Waals surface area (Å²) in [4.78, 5) is 22.3. The number of anilines is 1. The molecule has 0 aliphatic rings. The van der Waals surface area contributed by atoms with Gasteiger partial charge in [-0.15, -0.1) is 11.8 Å². The van der Waals surface area contributed by atoms with Crippen LogP contribution in [0.1, 0.15) is 6.42 Å². The molecule has 3 rings (SSSR count). The third kappa shape index (κ3) is 5.67. The number of benzene rings is 2. The first-order valence-corrected chi connectivity index (χ1v) is 11.0. The predicted octanol–water partition coefficient (Wildman–Crippen LogP) is 5.17. The number of thiazole rings is 1. The number of hydrogen-bond acceptors (Lipinski definition) is 5. The monoisotopic (exact) mass is 437 g/mol. The lowest BCUT2D eigenvalue weighted by molar-refractivity contribution is -0.116. The minimum Gasteiger partial charge on any atom is -0.309 e. The molecular weight excluding hydrogens is 417 g/mol. The maximum atomic E-state index is 13.1. The van der Waals surface area contributed by atoms with Crippen LogP contribution in [0.4, 0.5) is 9.52 Å². The van der Waals surface area contributed by atoms with E-state index in [1.165, 1.54) is 35.2 Å². The Morgan fingerprint density at radius 2 is 1.93 bits per heavy atom. The van der Waals surface area contributed by atoms with E-state index in [4.69, 9.17) is 11.6 Å². The van der Waals surface area contributed by atoms with Crippen LogP contribution in [0.25, 0.3) is 10.2 Å². The normalized spacial score (nSPS) is 11.3. The van der Waals surface area contributed by atoms with Crippen molar-refractivity contribution in [2.75, 3.05) is 37.8 Å². The number of hydrogen-bond donors (Lipinski definition) is 0. The Balaban J connectivity index is 1.76. The molecule has 28 heavy (non-hydrogen) atoms. The van der Waals surface area contributed by atoms with Crippen LogP contribution in [0.2, 0.25) is 5.02 Å². The highest BCUT2D eigenvalue weighted by atomic mass is 35.5. The predicted molar refractivity (Wildman–Crippen MR) is 117 cm³/mol. The molecule has 4 nitrogen and oxygen atoms in total. The van der Waals surface area contributed by atoms with Gasteiger partial charge in [0.1, 0.15) is 5.82 Å². The summed E-state index contributed by atoms with van der Waals surface area (Å²) in [6.45, 7) is 1.47. The topological polar surface area (TPSA) is 36.4 Å². The van der Waals surface area contributed by atoms with Gasteiger partial charge >= 0.3 is 0 Å². The third-order valence-electron chi connectivity index (χ3n) is 4.03. The minimum absolute atomic E-state index is 0.0155. The molecule has 0 atom stereocenters. The van der Waals surface area contributed by atoms with Gasteiger partial charge in [-0.3, -0.25) is 9.69 Å². The van der Waals surface area contributed by atoms with Crippen molar-refractivity contribution in [2.24, 2.45) is 0 Å². The second-order valence-electron chi connectivity index (χ2n) is 6.55. The lowest BCUT2D eigenvalue weighted by Crippen LogP contribution is -2.34. The Kier molecular flexibility index (Phi) is 7.29. The average Bonchev–Trinajstić information content (AvgIpc) is 3.07. The van der Waals surface area contributed by atoms with Crippen LogP contribution >= 0.6 is 34.7 Å². The summed E-state index contributed by atoms with van der Waals surface area (Å²) in [6.07, 6.45) is 0.844. The van der Waals surface area contributed by atoms with E-state index >= 15 is 0 Å². The largest absolute Gasteiger partial charge is 0.309 e. The molecule has 0 fully saturated rings. The zero-order valence-electron chi connectivity index (χ0n) is 15.7. The number of nitrogens with zero attached hydrogens (tertiary/aromatic N) is 3. The third-order valence-corrected chi connectivity index (χ3v) is 6.31.